The molecule has 30 heavy (non-hydrogen) atoms. The zero-order chi connectivity index (χ0) is 21.8. The predicted molar refractivity (Wildman–Crippen MR) is 118 cm³/mol. The predicted octanol–water partition coefficient (Wildman–Crippen LogP) is 5.59. The molecular weight excluding hydrogens is 380 g/mol. The number of aromatic amines is 1. The number of rotatable bonds is 6. The number of nitrogens with one attached hydrogen (secondary N) is 2. The molecule has 0 aliphatic heterocycles. The molecule has 0 saturated carbocycles. The topological polar surface area (TPSA) is 80.4 Å². The Morgan fingerprint density at radius 2 is 1.80 bits per heavy atom. The van der Waals surface area contributed by atoms with Crippen molar-refractivity contribution in [3.63, 3.8) is 0 Å². The number of esters is 1. The van der Waals surface area contributed by atoms with Crippen LogP contribution in [0.3, 0.4) is 0 Å². The van der Waals surface area contributed by atoms with E-state index in [-0.39, 0.29) is 6.61 Å². The van der Waals surface area contributed by atoms with E-state index in [4.69, 9.17) is 9.47 Å². The quantitative estimate of drug-likeness (QED) is 0.411. The molecule has 0 radical (unpaired) electrons. The standard InChI is InChI=1S/C24H28N2O4/c1-6-14(3)20-13-25-21-9-8-18(12-19(20)21)30-22-15(4)10-17(11-16(22)5)26-23(27)24(28)29-7-2/h8-14,25H,6-7H2,1-5H3,(H,26,27). The third-order valence-corrected chi connectivity index (χ3v) is 5.23. The fraction of sp³-hybridized carbons (Fsp3) is 0.333. The Morgan fingerprint density at radius 3 is 2.43 bits per heavy atom. The summed E-state index contributed by atoms with van der Waals surface area (Å²) in [5.74, 6) is 0.245. The maximum Gasteiger partial charge on any atom is 0.397 e. The van der Waals surface area contributed by atoms with Gasteiger partial charge < -0.3 is 19.8 Å². The molecule has 158 valence electrons. The maximum absolute atomic E-state index is 11.9. The first kappa shape index (κ1) is 21.4. The number of ether oxygens (including phenoxy) is 2. The highest BCUT2D eigenvalue weighted by Crippen LogP contribution is 2.35. The number of amides is 1. The Hall–Kier alpha value is -3.28. The van der Waals surface area contributed by atoms with Gasteiger partial charge in [0.2, 0.25) is 0 Å². The minimum atomic E-state index is -0.898. The largest absolute Gasteiger partial charge is 0.459 e. The van der Waals surface area contributed by atoms with E-state index in [0.29, 0.717) is 11.6 Å². The summed E-state index contributed by atoms with van der Waals surface area (Å²) < 4.78 is 10.9. The molecule has 1 aromatic heterocycles. The van der Waals surface area contributed by atoms with Crippen LogP contribution in [0.5, 0.6) is 11.5 Å². The summed E-state index contributed by atoms with van der Waals surface area (Å²) >= 11 is 0. The van der Waals surface area contributed by atoms with Crippen molar-refractivity contribution in [2.75, 3.05) is 11.9 Å². The number of hydrogen-bond donors (Lipinski definition) is 2. The summed E-state index contributed by atoms with van der Waals surface area (Å²) in [7, 11) is 0. The number of carbonyl (C=O) groups excluding carboxylic acids is 2. The van der Waals surface area contributed by atoms with Crippen molar-refractivity contribution >= 4 is 28.5 Å². The maximum atomic E-state index is 11.9. The summed E-state index contributed by atoms with van der Waals surface area (Å²) in [6.07, 6.45) is 3.13. The van der Waals surface area contributed by atoms with E-state index in [1.165, 1.54) is 5.56 Å². The van der Waals surface area contributed by atoms with E-state index >= 15 is 0 Å². The van der Waals surface area contributed by atoms with Crippen molar-refractivity contribution in [2.24, 2.45) is 0 Å². The van der Waals surface area contributed by atoms with Crippen molar-refractivity contribution in [2.45, 2.75) is 47.0 Å². The Morgan fingerprint density at radius 1 is 1.10 bits per heavy atom. The summed E-state index contributed by atoms with van der Waals surface area (Å²) in [5, 5.41) is 3.74. The highest BCUT2D eigenvalue weighted by atomic mass is 16.5. The van der Waals surface area contributed by atoms with Gasteiger partial charge in [0.1, 0.15) is 11.5 Å². The number of hydrogen-bond acceptors (Lipinski definition) is 4. The van der Waals surface area contributed by atoms with E-state index in [0.717, 1.165) is 39.9 Å². The van der Waals surface area contributed by atoms with Gasteiger partial charge in [-0.25, -0.2) is 4.79 Å². The molecule has 0 fully saturated rings. The van der Waals surface area contributed by atoms with Crippen LogP contribution in [0.4, 0.5) is 5.69 Å². The first-order chi connectivity index (χ1) is 14.3. The van der Waals surface area contributed by atoms with Gasteiger partial charge in [-0.15, -0.1) is 0 Å². The van der Waals surface area contributed by atoms with Crippen LogP contribution in [0, 0.1) is 13.8 Å². The number of benzene rings is 2. The van der Waals surface area contributed by atoms with Crippen LogP contribution in [0.2, 0.25) is 0 Å². The number of carbonyl (C=O) groups is 2. The average Bonchev–Trinajstić information content (AvgIpc) is 3.13. The monoisotopic (exact) mass is 408 g/mol. The normalized spacial score (nSPS) is 11.9. The van der Waals surface area contributed by atoms with Crippen LogP contribution in [-0.2, 0) is 14.3 Å². The molecule has 0 saturated heterocycles. The van der Waals surface area contributed by atoms with Gasteiger partial charge in [-0.3, -0.25) is 4.79 Å². The summed E-state index contributed by atoms with van der Waals surface area (Å²) in [6.45, 7) is 10.0. The zero-order valence-electron chi connectivity index (χ0n) is 18.1. The van der Waals surface area contributed by atoms with Crippen LogP contribution >= 0.6 is 0 Å². The van der Waals surface area contributed by atoms with Crippen molar-refractivity contribution in [3.05, 3.63) is 53.2 Å². The second-order valence-corrected chi connectivity index (χ2v) is 7.48. The average molecular weight is 408 g/mol. The van der Waals surface area contributed by atoms with Crippen molar-refractivity contribution in [1.82, 2.24) is 4.98 Å². The Bertz CT molecular complexity index is 1060. The van der Waals surface area contributed by atoms with E-state index in [2.05, 4.69) is 36.4 Å². The second-order valence-electron chi connectivity index (χ2n) is 7.48. The van der Waals surface area contributed by atoms with Gasteiger partial charge in [0, 0.05) is 22.8 Å². The van der Waals surface area contributed by atoms with Gasteiger partial charge in [-0.1, -0.05) is 13.8 Å². The summed E-state index contributed by atoms with van der Waals surface area (Å²) in [5.41, 5.74) is 4.60. The first-order valence-electron chi connectivity index (χ1n) is 10.2. The molecule has 1 amide bonds. The molecule has 6 heteroatoms. The van der Waals surface area contributed by atoms with E-state index in [1.54, 1.807) is 19.1 Å². The molecule has 0 spiro atoms. The van der Waals surface area contributed by atoms with Crippen LogP contribution in [0.15, 0.2) is 36.5 Å². The van der Waals surface area contributed by atoms with Gasteiger partial charge in [-0.2, -0.15) is 0 Å². The number of aryl methyl sites for hydroxylation is 2. The fourth-order valence-electron chi connectivity index (χ4n) is 3.49. The Balaban J connectivity index is 1.85. The SMILES string of the molecule is CCOC(=O)C(=O)Nc1cc(C)c(Oc2ccc3[nH]cc(C(C)CC)c3c2)c(C)c1. The smallest absolute Gasteiger partial charge is 0.397 e. The number of aromatic nitrogens is 1. The van der Waals surface area contributed by atoms with Crippen LogP contribution in [0.25, 0.3) is 10.9 Å². The van der Waals surface area contributed by atoms with Crippen LogP contribution in [-0.4, -0.2) is 23.5 Å². The van der Waals surface area contributed by atoms with Gasteiger partial charge in [0.15, 0.2) is 0 Å². The summed E-state index contributed by atoms with van der Waals surface area (Å²) in [6, 6.07) is 9.57. The molecule has 6 nitrogen and oxygen atoms in total. The molecule has 2 N–H and O–H groups in total. The van der Waals surface area contributed by atoms with E-state index in [1.807, 2.05) is 26.0 Å². The molecule has 0 aliphatic rings. The molecule has 3 rings (SSSR count). The lowest BCUT2D eigenvalue weighted by molar-refractivity contribution is -0.152. The summed E-state index contributed by atoms with van der Waals surface area (Å²) in [4.78, 5) is 26.8. The minimum Gasteiger partial charge on any atom is -0.459 e. The van der Waals surface area contributed by atoms with Gasteiger partial charge in [-0.05, 0) is 80.1 Å². The lowest BCUT2D eigenvalue weighted by Gasteiger charge is -2.15. The number of anilines is 1. The highest BCUT2D eigenvalue weighted by Gasteiger charge is 2.17. The fourth-order valence-corrected chi connectivity index (χ4v) is 3.49. The molecular formula is C24H28N2O4. The van der Waals surface area contributed by atoms with Crippen LogP contribution < -0.4 is 10.1 Å². The van der Waals surface area contributed by atoms with Crippen molar-refractivity contribution in [3.8, 4) is 11.5 Å². The lowest BCUT2D eigenvalue weighted by Crippen LogP contribution is -2.25. The molecule has 0 bridgehead atoms. The molecule has 1 heterocycles. The van der Waals surface area contributed by atoms with E-state index in [9.17, 15) is 9.59 Å². The van der Waals surface area contributed by atoms with E-state index < -0.39 is 11.9 Å². The van der Waals surface area contributed by atoms with Crippen molar-refractivity contribution < 1.29 is 19.1 Å². The second kappa shape index (κ2) is 9.03. The van der Waals surface area contributed by atoms with Gasteiger partial charge >= 0.3 is 11.9 Å². The minimum absolute atomic E-state index is 0.154. The molecule has 1 atom stereocenters. The Kier molecular flexibility index (Phi) is 6.45. The number of H-pyrrole nitrogens is 1. The third kappa shape index (κ3) is 4.48. The first-order valence-corrected chi connectivity index (χ1v) is 10.2. The zero-order valence-corrected chi connectivity index (χ0v) is 18.1. The Labute approximate surface area is 176 Å². The van der Waals surface area contributed by atoms with Gasteiger partial charge in [0.25, 0.3) is 0 Å². The van der Waals surface area contributed by atoms with Crippen LogP contribution in [0.1, 0.15) is 49.8 Å². The lowest BCUT2D eigenvalue weighted by atomic mass is 9.98. The highest BCUT2D eigenvalue weighted by molar-refractivity contribution is 6.37. The van der Waals surface area contributed by atoms with Gasteiger partial charge in [0.05, 0.1) is 6.61 Å². The number of fused-ring (bicyclic) bond motifs is 1. The third-order valence-electron chi connectivity index (χ3n) is 5.23. The molecule has 3 aromatic rings. The van der Waals surface area contributed by atoms with Crippen molar-refractivity contribution in [1.29, 1.82) is 0 Å². The molecule has 2 aromatic carbocycles. The molecule has 1 unspecified atom stereocenters. The molecule has 0 aliphatic carbocycles.